The van der Waals surface area contributed by atoms with E-state index in [9.17, 15) is 10.1 Å². The van der Waals surface area contributed by atoms with Crippen molar-refractivity contribution in [1.29, 1.82) is 0 Å². The molecule has 0 atom stereocenters. The Morgan fingerprint density at radius 3 is 2.75 bits per heavy atom. The largest absolute Gasteiger partial charge is 0.475 e. The third-order valence-electron chi connectivity index (χ3n) is 1.25. The second kappa shape index (κ2) is 3.12. The van der Waals surface area contributed by atoms with E-state index < -0.39 is 4.92 Å². The van der Waals surface area contributed by atoms with Gasteiger partial charge in [-0.15, -0.1) is 5.10 Å². The number of aromatic nitrogens is 2. The van der Waals surface area contributed by atoms with E-state index in [1.165, 1.54) is 13.2 Å². The van der Waals surface area contributed by atoms with Crippen molar-refractivity contribution in [3.63, 3.8) is 0 Å². The Morgan fingerprint density at radius 1 is 1.58 bits per heavy atom. The van der Waals surface area contributed by atoms with Crippen LogP contribution in [0.1, 0.15) is 5.69 Å². The molecule has 64 valence electrons. The molecule has 0 spiro atoms. The summed E-state index contributed by atoms with van der Waals surface area (Å²) in [6.07, 6.45) is 0. The van der Waals surface area contributed by atoms with E-state index in [0.29, 0.717) is 5.69 Å². The number of methoxy groups -OCH3 is 1. The molecule has 6 heteroatoms. The monoisotopic (exact) mass is 169 g/mol. The lowest BCUT2D eigenvalue weighted by atomic mass is 10.4. The standard InChI is InChI=1S/C6H7N3O3/c1-4-3-5(9(10)11)6(12-2)8-7-4/h3H,1-2H3. The number of ether oxygens (including phenoxy) is 1. The molecular weight excluding hydrogens is 162 g/mol. The molecule has 0 aromatic carbocycles. The molecule has 1 aromatic heterocycles. The molecule has 0 saturated carbocycles. The molecular formula is C6H7N3O3. The van der Waals surface area contributed by atoms with Crippen molar-refractivity contribution in [2.45, 2.75) is 6.92 Å². The molecule has 0 fully saturated rings. The topological polar surface area (TPSA) is 78.2 Å². The minimum Gasteiger partial charge on any atom is -0.475 e. The van der Waals surface area contributed by atoms with Crippen LogP contribution in [0.2, 0.25) is 0 Å². The van der Waals surface area contributed by atoms with Crippen molar-refractivity contribution in [2.24, 2.45) is 0 Å². The van der Waals surface area contributed by atoms with Gasteiger partial charge in [0.25, 0.3) is 0 Å². The van der Waals surface area contributed by atoms with Gasteiger partial charge in [0.15, 0.2) is 0 Å². The zero-order valence-corrected chi connectivity index (χ0v) is 6.64. The summed E-state index contributed by atoms with van der Waals surface area (Å²) >= 11 is 0. The van der Waals surface area contributed by atoms with Crippen molar-refractivity contribution >= 4 is 5.69 Å². The fourth-order valence-corrected chi connectivity index (χ4v) is 0.740. The van der Waals surface area contributed by atoms with Gasteiger partial charge in [-0.3, -0.25) is 10.1 Å². The first-order valence-electron chi connectivity index (χ1n) is 3.18. The smallest absolute Gasteiger partial charge is 0.334 e. The number of nitro groups is 1. The Morgan fingerprint density at radius 2 is 2.25 bits per heavy atom. The summed E-state index contributed by atoms with van der Waals surface area (Å²) in [5.41, 5.74) is 0.326. The molecule has 0 radical (unpaired) electrons. The Kier molecular flexibility index (Phi) is 2.18. The maximum absolute atomic E-state index is 10.4. The highest BCUT2D eigenvalue weighted by atomic mass is 16.6. The van der Waals surface area contributed by atoms with Gasteiger partial charge < -0.3 is 4.74 Å². The van der Waals surface area contributed by atoms with Gasteiger partial charge >= 0.3 is 11.6 Å². The highest BCUT2D eigenvalue weighted by Crippen LogP contribution is 2.22. The zero-order valence-electron chi connectivity index (χ0n) is 6.64. The first-order chi connectivity index (χ1) is 5.65. The molecule has 0 aliphatic heterocycles. The number of hydrogen-bond acceptors (Lipinski definition) is 5. The third-order valence-corrected chi connectivity index (χ3v) is 1.25. The highest BCUT2D eigenvalue weighted by Gasteiger charge is 2.16. The summed E-state index contributed by atoms with van der Waals surface area (Å²) in [5.74, 6) is -0.0643. The molecule has 0 bridgehead atoms. The van der Waals surface area contributed by atoms with Crippen molar-refractivity contribution in [2.75, 3.05) is 7.11 Å². The molecule has 0 N–H and O–H groups in total. The Bertz CT molecular complexity index is 313. The van der Waals surface area contributed by atoms with Crippen LogP contribution in [0.5, 0.6) is 5.88 Å². The van der Waals surface area contributed by atoms with Crippen molar-refractivity contribution < 1.29 is 9.66 Å². The van der Waals surface area contributed by atoms with E-state index >= 15 is 0 Å². The molecule has 0 unspecified atom stereocenters. The second-order valence-electron chi connectivity index (χ2n) is 2.14. The molecule has 0 aliphatic carbocycles. The van der Waals surface area contributed by atoms with Crippen molar-refractivity contribution in [3.05, 3.63) is 21.9 Å². The van der Waals surface area contributed by atoms with Gasteiger partial charge in [0, 0.05) is 6.07 Å². The van der Waals surface area contributed by atoms with Crippen LogP contribution in [0.4, 0.5) is 5.69 Å². The highest BCUT2D eigenvalue weighted by molar-refractivity contribution is 5.40. The van der Waals surface area contributed by atoms with Crippen LogP contribution < -0.4 is 4.74 Å². The minimum absolute atomic E-state index is 0.0643. The quantitative estimate of drug-likeness (QED) is 0.481. The summed E-state index contributed by atoms with van der Waals surface area (Å²) in [5, 5.41) is 17.5. The van der Waals surface area contributed by atoms with E-state index in [1.54, 1.807) is 6.92 Å². The Balaban J connectivity index is 3.21. The summed E-state index contributed by atoms with van der Waals surface area (Å²) in [7, 11) is 1.31. The normalized spacial score (nSPS) is 9.50. The predicted molar refractivity (Wildman–Crippen MR) is 40.0 cm³/mol. The lowest BCUT2D eigenvalue weighted by Gasteiger charge is -1.98. The predicted octanol–water partition coefficient (Wildman–Crippen LogP) is 0.702. The second-order valence-corrected chi connectivity index (χ2v) is 2.14. The fraction of sp³-hybridized carbons (Fsp3) is 0.333. The average Bonchev–Trinajstić information content (AvgIpc) is 2.04. The molecule has 1 aromatic rings. The number of rotatable bonds is 2. The molecule has 1 heterocycles. The maximum atomic E-state index is 10.4. The Hall–Kier alpha value is -1.72. The lowest BCUT2D eigenvalue weighted by molar-refractivity contribution is -0.386. The van der Waals surface area contributed by atoms with Gasteiger partial charge in [-0.25, -0.2) is 0 Å². The fourth-order valence-electron chi connectivity index (χ4n) is 0.740. The molecule has 12 heavy (non-hydrogen) atoms. The van der Waals surface area contributed by atoms with E-state index in [4.69, 9.17) is 0 Å². The van der Waals surface area contributed by atoms with Crippen LogP contribution in [0.25, 0.3) is 0 Å². The summed E-state index contributed by atoms with van der Waals surface area (Å²) < 4.78 is 4.65. The summed E-state index contributed by atoms with van der Waals surface area (Å²) in [6, 6.07) is 1.31. The van der Waals surface area contributed by atoms with E-state index in [-0.39, 0.29) is 11.6 Å². The van der Waals surface area contributed by atoms with Crippen LogP contribution in [0, 0.1) is 17.0 Å². The Labute approximate surface area is 68.3 Å². The summed E-state index contributed by atoms with van der Waals surface area (Å²) in [6.45, 7) is 1.62. The van der Waals surface area contributed by atoms with Gasteiger partial charge in [-0.1, -0.05) is 0 Å². The van der Waals surface area contributed by atoms with Gasteiger partial charge in [0.2, 0.25) is 0 Å². The van der Waals surface area contributed by atoms with E-state index in [1.807, 2.05) is 0 Å². The van der Waals surface area contributed by atoms with Gasteiger partial charge in [-0.05, 0) is 6.92 Å². The van der Waals surface area contributed by atoms with Crippen LogP contribution in [0.15, 0.2) is 6.07 Å². The van der Waals surface area contributed by atoms with Crippen LogP contribution in [-0.4, -0.2) is 22.2 Å². The van der Waals surface area contributed by atoms with Crippen LogP contribution in [0.3, 0.4) is 0 Å². The number of hydrogen-bond donors (Lipinski definition) is 0. The first-order valence-corrected chi connectivity index (χ1v) is 3.18. The molecule has 0 aliphatic rings. The third kappa shape index (κ3) is 1.47. The van der Waals surface area contributed by atoms with Gasteiger partial charge in [0.1, 0.15) is 0 Å². The van der Waals surface area contributed by atoms with E-state index in [2.05, 4.69) is 14.9 Å². The molecule has 0 amide bonds. The molecule has 0 saturated heterocycles. The molecule has 1 rings (SSSR count). The SMILES string of the molecule is COc1nnc(C)cc1[N+](=O)[O-]. The molecule has 6 nitrogen and oxygen atoms in total. The lowest BCUT2D eigenvalue weighted by Crippen LogP contribution is -1.99. The van der Waals surface area contributed by atoms with Crippen LogP contribution >= 0.6 is 0 Å². The maximum Gasteiger partial charge on any atom is 0.334 e. The summed E-state index contributed by atoms with van der Waals surface area (Å²) in [4.78, 5) is 9.84. The van der Waals surface area contributed by atoms with Gasteiger partial charge in [-0.2, -0.15) is 5.10 Å². The first kappa shape index (κ1) is 8.38. The van der Waals surface area contributed by atoms with Crippen molar-refractivity contribution in [3.8, 4) is 5.88 Å². The van der Waals surface area contributed by atoms with Crippen molar-refractivity contribution in [1.82, 2.24) is 10.2 Å². The average molecular weight is 169 g/mol. The van der Waals surface area contributed by atoms with E-state index in [0.717, 1.165) is 0 Å². The minimum atomic E-state index is -0.555. The number of aryl methyl sites for hydroxylation is 1. The zero-order chi connectivity index (χ0) is 9.14. The van der Waals surface area contributed by atoms with Crippen LogP contribution in [-0.2, 0) is 0 Å². The number of nitrogens with zero attached hydrogens (tertiary/aromatic N) is 3. The van der Waals surface area contributed by atoms with Gasteiger partial charge in [0.05, 0.1) is 17.7 Å².